The standard InChI is InChI=1S/C10H12IN3O/c1-3-4-7-5-8(15)12-10-9(11)6(2)13-14(7)10/h5H,3-4H2,1-2H3,(H,12,15). The number of aryl methyl sites for hydroxylation is 2. The van der Waals surface area contributed by atoms with Crippen molar-refractivity contribution in [1.82, 2.24) is 14.6 Å². The van der Waals surface area contributed by atoms with Crippen LogP contribution in [0.4, 0.5) is 0 Å². The molecule has 0 aliphatic carbocycles. The third kappa shape index (κ3) is 1.80. The molecule has 4 nitrogen and oxygen atoms in total. The predicted octanol–water partition coefficient (Wildman–Crippen LogP) is 1.89. The van der Waals surface area contributed by atoms with E-state index in [1.807, 2.05) is 11.4 Å². The van der Waals surface area contributed by atoms with Gasteiger partial charge in [0.05, 0.1) is 9.26 Å². The third-order valence-electron chi connectivity index (χ3n) is 2.30. The number of hydrogen-bond acceptors (Lipinski definition) is 2. The zero-order valence-corrected chi connectivity index (χ0v) is 10.8. The summed E-state index contributed by atoms with van der Waals surface area (Å²) in [6, 6.07) is 1.62. The Balaban J connectivity index is 2.80. The molecule has 0 radical (unpaired) electrons. The van der Waals surface area contributed by atoms with E-state index in [2.05, 4.69) is 39.6 Å². The maximum atomic E-state index is 11.4. The van der Waals surface area contributed by atoms with E-state index in [1.54, 1.807) is 6.07 Å². The second-order valence-corrected chi connectivity index (χ2v) is 4.61. The Labute approximate surface area is 101 Å². The first-order valence-electron chi connectivity index (χ1n) is 4.90. The molecule has 0 bridgehead atoms. The van der Waals surface area contributed by atoms with E-state index in [1.165, 1.54) is 0 Å². The van der Waals surface area contributed by atoms with Crippen LogP contribution in [0.1, 0.15) is 24.7 Å². The second kappa shape index (κ2) is 3.96. The van der Waals surface area contributed by atoms with Crippen molar-refractivity contribution in [3.8, 4) is 0 Å². The Morgan fingerprint density at radius 3 is 3.00 bits per heavy atom. The predicted molar refractivity (Wildman–Crippen MR) is 67.3 cm³/mol. The van der Waals surface area contributed by atoms with Gasteiger partial charge in [-0.15, -0.1) is 0 Å². The zero-order chi connectivity index (χ0) is 11.0. The van der Waals surface area contributed by atoms with Crippen molar-refractivity contribution in [3.05, 3.63) is 31.4 Å². The lowest BCUT2D eigenvalue weighted by Crippen LogP contribution is -2.12. The average Bonchev–Trinajstić information content (AvgIpc) is 2.46. The summed E-state index contributed by atoms with van der Waals surface area (Å²) < 4.78 is 2.85. The van der Waals surface area contributed by atoms with Gasteiger partial charge in [0.2, 0.25) is 0 Å². The van der Waals surface area contributed by atoms with Crippen molar-refractivity contribution >= 4 is 28.2 Å². The van der Waals surface area contributed by atoms with E-state index in [9.17, 15) is 4.79 Å². The quantitative estimate of drug-likeness (QED) is 0.860. The van der Waals surface area contributed by atoms with Crippen LogP contribution in [0.15, 0.2) is 10.9 Å². The normalized spacial score (nSPS) is 11.1. The average molecular weight is 317 g/mol. The number of fused-ring (bicyclic) bond motifs is 1. The molecule has 2 heterocycles. The molecule has 0 saturated heterocycles. The summed E-state index contributed by atoms with van der Waals surface area (Å²) in [5.74, 6) is 0. The van der Waals surface area contributed by atoms with Gasteiger partial charge in [0.15, 0.2) is 0 Å². The number of aromatic amines is 1. The first kappa shape index (κ1) is 10.7. The lowest BCUT2D eigenvalue weighted by Gasteiger charge is -2.01. The van der Waals surface area contributed by atoms with Gasteiger partial charge in [0.25, 0.3) is 5.56 Å². The summed E-state index contributed by atoms with van der Waals surface area (Å²) in [6.45, 7) is 4.04. The van der Waals surface area contributed by atoms with E-state index < -0.39 is 0 Å². The Bertz CT molecular complexity index is 556. The van der Waals surface area contributed by atoms with Crippen LogP contribution in [-0.4, -0.2) is 14.6 Å². The van der Waals surface area contributed by atoms with E-state index in [4.69, 9.17) is 0 Å². The maximum Gasteiger partial charge on any atom is 0.251 e. The van der Waals surface area contributed by atoms with Gasteiger partial charge in [0, 0.05) is 11.8 Å². The number of nitrogens with one attached hydrogen (secondary N) is 1. The van der Waals surface area contributed by atoms with Crippen molar-refractivity contribution in [2.45, 2.75) is 26.7 Å². The van der Waals surface area contributed by atoms with Crippen LogP contribution in [0.3, 0.4) is 0 Å². The third-order valence-corrected chi connectivity index (χ3v) is 3.60. The van der Waals surface area contributed by atoms with Gasteiger partial charge in [-0.05, 0) is 35.9 Å². The summed E-state index contributed by atoms with van der Waals surface area (Å²) in [4.78, 5) is 14.3. The van der Waals surface area contributed by atoms with Gasteiger partial charge in [-0.3, -0.25) is 4.79 Å². The highest BCUT2D eigenvalue weighted by molar-refractivity contribution is 14.1. The molecule has 80 valence electrons. The minimum Gasteiger partial charge on any atom is -0.306 e. The van der Waals surface area contributed by atoms with Gasteiger partial charge in [-0.2, -0.15) is 5.10 Å². The molecule has 0 aromatic carbocycles. The molecule has 0 aliphatic heterocycles. The first-order chi connectivity index (χ1) is 7.13. The van der Waals surface area contributed by atoms with Crippen LogP contribution in [0.2, 0.25) is 0 Å². The molecule has 2 aromatic heterocycles. The van der Waals surface area contributed by atoms with Gasteiger partial charge in [0.1, 0.15) is 5.65 Å². The Kier molecular flexibility index (Phi) is 2.81. The molecule has 2 rings (SSSR count). The van der Waals surface area contributed by atoms with E-state index in [0.29, 0.717) is 0 Å². The molecule has 1 N–H and O–H groups in total. The summed E-state index contributed by atoms with van der Waals surface area (Å²) >= 11 is 2.21. The van der Waals surface area contributed by atoms with Crippen molar-refractivity contribution in [1.29, 1.82) is 0 Å². The summed E-state index contributed by atoms with van der Waals surface area (Å²) in [7, 11) is 0. The topological polar surface area (TPSA) is 50.2 Å². The van der Waals surface area contributed by atoms with Crippen LogP contribution in [0.25, 0.3) is 5.65 Å². The molecule has 0 spiro atoms. The van der Waals surface area contributed by atoms with Gasteiger partial charge >= 0.3 is 0 Å². The number of nitrogens with zero attached hydrogens (tertiary/aromatic N) is 2. The Morgan fingerprint density at radius 1 is 1.60 bits per heavy atom. The molecule has 0 unspecified atom stereocenters. The first-order valence-corrected chi connectivity index (χ1v) is 5.98. The lowest BCUT2D eigenvalue weighted by molar-refractivity contribution is 0.785. The molecule has 15 heavy (non-hydrogen) atoms. The van der Waals surface area contributed by atoms with Crippen LogP contribution < -0.4 is 5.56 Å². The molecule has 2 aromatic rings. The summed E-state index contributed by atoms with van der Waals surface area (Å²) in [5.41, 5.74) is 2.69. The Morgan fingerprint density at radius 2 is 2.33 bits per heavy atom. The number of hydrogen-bond donors (Lipinski definition) is 1. The highest BCUT2D eigenvalue weighted by Gasteiger charge is 2.10. The molecular formula is C10H12IN3O. The van der Waals surface area contributed by atoms with Gasteiger partial charge < -0.3 is 4.98 Å². The highest BCUT2D eigenvalue weighted by Crippen LogP contribution is 2.16. The summed E-state index contributed by atoms with van der Waals surface area (Å²) in [5, 5.41) is 4.41. The maximum absolute atomic E-state index is 11.4. The van der Waals surface area contributed by atoms with Crippen LogP contribution in [0.5, 0.6) is 0 Å². The van der Waals surface area contributed by atoms with Crippen LogP contribution in [0, 0.1) is 10.5 Å². The molecule has 5 heteroatoms. The number of rotatable bonds is 2. The second-order valence-electron chi connectivity index (χ2n) is 3.53. The van der Waals surface area contributed by atoms with E-state index in [-0.39, 0.29) is 5.56 Å². The minimum atomic E-state index is -0.0521. The largest absolute Gasteiger partial charge is 0.306 e. The van der Waals surface area contributed by atoms with Gasteiger partial charge in [-0.25, -0.2) is 4.52 Å². The van der Waals surface area contributed by atoms with Crippen molar-refractivity contribution < 1.29 is 0 Å². The molecule has 0 atom stereocenters. The fourth-order valence-electron chi connectivity index (χ4n) is 1.62. The minimum absolute atomic E-state index is 0.0521. The number of aromatic nitrogens is 3. The molecular weight excluding hydrogens is 305 g/mol. The highest BCUT2D eigenvalue weighted by atomic mass is 127. The molecule has 0 saturated carbocycles. The number of halogens is 1. The SMILES string of the molecule is CCCc1cc(=O)[nH]c2c(I)c(C)nn12. The number of H-pyrrole nitrogens is 1. The van der Waals surface area contributed by atoms with Crippen molar-refractivity contribution in [2.24, 2.45) is 0 Å². The molecule has 0 fully saturated rings. The Hall–Kier alpha value is -0.850. The van der Waals surface area contributed by atoms with Gasteiger partial charge in [-0.1, -0.05) is 13.3 Å². The van der Waals surface area contributed by atoms with E-state index >= 15 is 0 Å². The molecule has 0 amide bonds. The zero-order valence-electron chi connectivity index (χ0n) is 8.67. The van der Waals surface area contributed by atoms with Crippen molar-refractivity contribution in [2.75, 3.05) is 0 Å². The monoisotopic (exact) mass is 317 g/mol. The smallest absolute Gasteiger partial charge is 0.251 e. The van der Waals surface area contributed by atoms with Crippen molar-refractivity contribution in [3.63, 3.8) is 0 Å². The van der Waals surface area contributed by atoms with Crippen LogP contribution >= 0.6 is 22.6 Å². The lowest BCUT2D eigenvalue weighted by atomic mass is 10.2. The fraction of sp³-hybridized carbons (Fsp3) is 0.400. The summed E-state index contributed by atoms with van der Waals surface area (Å²) in [6.07, 6.45) is 1.88. The van der Waals surface area contributed by atoms with E-state index in [0.717, 1.165) is 33.4 Å². The molecule has 0 aliphatic rings. The fourth-order valence-corrected chi connectivity index (χ4v) is 2.09. The van der Waals surface area contributed by atoms with Crippen LogP contribution in [-0.2, 0) is 6.42 Å².